The first-order chi connectivity index (χ1) is 15.6. The second-order valence-electron chi connectivity index (χ2n) is 7.97. The smallest absolute Gasteiger partial charge is 0.310 e. The van der Waals surface area contributed by atoms with Crippen LogP contribution in [0.15, 0.2) is 24.3 Å². The van der Waals surface area contributed by atoms with Crippen LogP contribution in [0.3, 0.4) is 0 Å². The third-order valence-electron chi connectivity index (χ3n) is 6.51. The van der Waals surface area contributed by atoms with Crippen LogP contribution in [0.2, 0.25) is 0 Å². The van der Waals surface area contributed by atoms with Gasteiger partial charge in [-0.15, -0.1) is 0 Å². The molecule has 0 unspecified atom stereocenters. The van der Waals surface area contributed by atoms with Crippen LogP contribution in [-0.4, -0.2) is 47.3 Å². The molecule has 3 aliphatic rings. The maximum Gasteiger partial charge on any atom is 0.310 e. The molecule has 0 bridgehead atoms. The van der Waals surface area contributed by atoms with Crippen molar-refractivity contribution in [1.29, 1.82) is 0 Å². The summed E-state index contributed by atoms with van der Waals surface area (Å²) in [7, 11) is 4.71. The molecule has 170 valence electrons. The molecule has 32 heavy (non-hydrogen) atoms. The highest BCUT2D eigenvalue weighted by atomic mass is 16.7. The Balaban J connectivity index is 1.74. The lowest BCUT2D eigenvalue weighted by molar-refractivity contribution is -0.141. The number of rotatable bonds is 6. The molecular formula is C24H26O8. The van der Waals surface area contributed by atoms with Crippen molar-refractivity contribution >= 4 is 5.97 Å². The Morgan fingerprint density at radius 1 is 0.906 bits per heavy atom. The molecule has 0 amide bonds. The largest absolute Gasteiger partial charge is 0.493 e. The monoisotopic (exact) mass is 442 g/mol. The van der Waals surface area contributed by atoms with Gasteiger partial charge in [0.25, 0.3) is 0 Å². The molecule has 2 aromatic carbocycles. The van der Waals surface area contributed by atoms with Gasteiger partial charge in [0.1, 0.15) is 0 Å². The lowest BCUT2D eigenvalue weighted by Crippen LogP contribution is -2.35. The maximum absolute atomic E-state index is 13.0. The molecule has 1 aliphatic carbocycles. The topological polar surface area (TPSA) is 81.7 Å². The number of fused-ring (bicyclic) bond motifs is 3. The van der Waals surface area contributed by atoms with E-state index in [-0.39, 0.29) is 30.7 Å². The number of ether oxygens (including phenoxy) is 7. The zero-order chi connectivity index (χ0) is 22.4. The Morgan fingerprint density at radius 2 is 1.56 bits per heavy atom. The molecule has 2 heterocycles. The fraction of sp³-hybridized carbons (Fsp3) is 0.458. The van der Waals surface area contributed by atoms with Gasteiger partial charge in [-0.25, -0.2) is 0 Å². The van der Waals surface area contributed by atoms with Gasteiger partial charge in [-0.2, -0.15) is 0 Å². The van der Waals surface area contributed by atoms with Crippen LogP contribution >= 0.6 is 0 Å². The molecule has 0 saturated carbocycles. The number of cyclic esters (lactones) is 1. The van der Waals surface area contributed by atoms with Crippen molar-refractivity contribution in [2.24, 2.45) is 11.8 Å². The Kier molecular flexibility index (Phi) is 5.25. The molecule has 8 heteroatoms. The van der Waals surface area contributed by atoms with E-state index in [1.807, 2.05) is 31.2 Å². The third kappa shape index (κ3) is 3.04. The van der Waals surface area contributed by atoms with Gasteiger partial charge in [0.15, 0.2) is 23.0 Å². The molecule has 0 aromatic heterocycles. The number of benzene rings is 2. The van der Waals surface area contributed by atoms with E-state index in [1.54, 1.807) is 21.3 Å². The summed E-state index contributed by atoms with van der Waals surface area (Å²) in [6, 6.07) is 7.72. The van der Waals surface area contributed by atoms with E-state index < -0.39 is 5.92 Å². The standard InChI is InChI=1S/C24H26O8/c1-5-29-22-14-9-17-16(31-11-32-17)8-13(14)20(21-15(22)10-30-24(21)25)12-6-18(26-2)23(28-4)19(7-12)27-3/h6-9,15,20-22H,5,10-11H2,1-4H3/t15-,20-,21-,22-/m0/s1. The lowest BCUT2D eigenvalue weighted by Gasteiger charge is -2.39. The van der Waals surface area contributed by atoms with E-state index in [0.29, 0.717) is 42.0 Å². The van der Waals surface area contributed by atoms with E-state index in [4.69, 9.17) is 33.2 Å². The van der Waals surface area contributed by atoms with Gasteiger partial charge in [-0.05, 0) is 47.9 Å². The summed E-state index contributed by atoms with van der Waals surface area (Å²) in [5.41, 5.74) is 2.79. The van der Waals surface area contributed by atoms with Crippen LogP contribution in [0.1, 0.15) is 35.6 Å². The van der Waals surface area contributed by atoms with Gasteiger partial charge >= 0.3 is 5.97 Å². The predicted octanol–water partition coefficient (Wildman–Crippen LogP) is 3.45. The molecule has 0 spiro atoms. The first-order valence-electron chi connectivity index (χ1n) is 10.6. The molecule has 1 fully saturated rings. The fourth-order valence-electron chi connectivity index (χ4n) is 5.19. The molecule has 1 saturated heterocycles. The minimum absolute atomic E-state index is 0.126. The number of carbonyl (C=O) groups excluding carboxylic acids is 1. The highest BCUT2D eigenvalue weighted by Crippen LogP contribution is 2.56. The van der Waals surface area contributed by atoms with Gasteiger partial charge in [-0.3, -0.25) is 4.79 Å². The first-order valence-corrected chi connectivity index (χ1v) is 10.6. The number of methoxy groups -OCH3 is 3. The van der Waals surface area contributed by atoms with Gasteiger partial charge in [0, 0.05) is 18.4 Å². The second kappa shape index (κ2) is 8.09. The van der Waals surface area contributed by atoms with E-state index in [2.05, 4.69) is 0 Å². The molecule has 0 radical (unpaired) electrons. The number of carbonyl (C=O) groups is 1. The predicted molar refractivity (Wildman–Crippen MR) is 113 cm³/mol. The average molecular weight is 442 g/mol. The van der Waals surface area contributed by atoms with Crippen LogP contribution in [0.5, 0.6) is 28.7 Å². The molecule has 0 N–H and O–H groups in total. The Bertz CT molecular complexity index is 1020. The molecular weight excluding hydrogens is 416 g/mol. The van der Waals surface area contributed by atoms with Crippen LogP contribution in [0.4, 0.5) is 0 Å². The van der Waals surface area contributed by atoms with Crippen LogP contribution < -0.4 is 23.7 Å². The maximum atomic E-state index is 13.0. The van der Waals surface area contributed by atoms with E-state index in [0.717, 1.165) is 16.7 Å². The summed E-state index contributed by atoms with van der Waals surface area (Å²) < 4.78 is 39.6. The number of hydrogen-bond acceptors (Lipinski definition) is 8. The SMILES string of the molecule is CCO[C@H]1c2cc3c(cc2[C@H](c2cc(OC)c(OC)c(OC)c2)[C@H]2C(=O)OC[C@@H]21)OCO3. The summed E-state index contributed by atoms with van der Waals surface area (Å²) >= 11 is 0. The van der Waals surface area contributed by atoms with Gasteiger partial charge in [0.05, 0.1) is 40.0 Å². The second-order valence-corrected chi connectivity index (χ2v) is 7.97. The summed E-state index contributed by atoms with van der Waals surface area (Å²) in [6.07, 6.45) is -0.278. The quantitative estimate of drug-likeness (QED) is 0.630. The van der Waals surface area contributed by atoms with Crippen molar-refractivity contribution in [2.75, 3.05) is 41.3 Å². The van der Waals surface area contributed by atoms with E-state index in [9.17, 15) is 4.79 Å². The Morgan fingerprint density at radius 3 is 2.16 bits per heavy atom. The molecule has 8 nitrogen and oxygen atoms in total. The third-order valence-corrected chi connectivity index (χ3v) is 6.51. The summed E-state index contributed by atoms with van der Waals surface area (Å²) in [6.45, 7) is 2.94. The average Bonchev–Trinajstić information content (AvgIpc) is 3.43. The molecule has 4 atom stereocenters. The lowest BCUT2D eigenvalue weighted by atomic mass is 9.66. The Labute approximate surface area is 186 Å². The minimum Gasteiger partial charge on any atom is -0.493 e. The van der Waals surface area contributed by atoms with Crippen molar-refractivity contribution in [2.45, 2.75) is 18.9 Å². The van der Waals surface area contributed by atoms with Gasteiger partial charge in [-0.1, -0.05) is 0 Å². The van der Waals surface area contributed by atoms with Crippen LogP contribution in [-0.2, 0) is 14.3 Å². The van der Waals surface area contributed by atoms with Gasteiger partial charge in [0.2, 0.25) is 12.5 Å². The van der Waals surface area contributed by atoms with E-state index in [1.165, 1.54) is 0 Å². The summed E-state index contributed by atoms with van der Waals surface area (Å²) in [4.78, 5) is 13.0. The minimum atomic E-state index is -0.415. The molecule has 2 aromatic rings. The highest BCUT2D eigenvalue weighted by molar-refractivity contribution is 5.79. The Hall–Kier alpha value is -3.13. The van der Waals surface area contributed by atoms with Crippen LogP contribution in [0.25, 0.3) is 0 Å². The van der Waals surface area contributed by atoms with Gasteiger partial charge < -0.3 is 33.2 Å². The molecule has 2 aliphatic heterocycles. The summed E-state index contributed by atoms with van der Waals surface area (Å²) in [5, 5.41) is 0. The number of esters is 1. The fourth-order valence-corrected chi connectivity index (χ4v) is 5.19. The molecule has 5 rings (SSSR count). The van der Waals surface area contributed by atoms with Crippen molar-refractivity contribution in [3.05, 3.63) is 41.0 Å². The van der Waals surface area contributed by atoms with E-state index >= 15 is 0 Å². The van der Waals surface area contributed by atoms with Crippen molar-refractivity contribution in [3.63, 3.8) is 0 Å². The van der Waals surface area contributed by atoms with Crippen molar-refractivity contribution < 1.29 is 38.0 Å². The van der Waals surface area contributed by atoms with Crippen LogP contribution in [0, 0.1) is 11.8 Å². The highest BCUT2D eigenvalue weighted by Gasteiger charge is 2.53. The zero-order valence-electron chi connectivity index (χ0n) is 18.5. The summed E-state index contributed by atoms with van der Waals surface area (Å²) in [5.74, 6) is 1.81. The van der Waals surface area contributed by atoms with Crippen molar-refractivity contribution in [3.8, 4) is 28.7 Å². The van der Waals surface area contributed by atoms with Crippen molar-refractivity contribution in [1.82, 2.24) is 0 Å². The number of hydrogen-bond donors (Lipinski definition) is 0. The normalized spacial score (nSPS) is 25.1. The zero-order valence-corrected chi connectivity index (χ0v) is 18.5. The first kappa shape index (κ1) is 20.8.